The Hall–Kier alpha value is -1.61. The van der Waals surface area contributed by atoms with Crippen LogP contribution in [0.4, 0.5) is 0 Å². The van der Waals surface area contributed by atoms with E-state index < -0.39 is 0 Å². The third-order valence-electron chi connectivity index (χ3n) is 1.69. The van der Waals surface area contributed by atoms with Gasteiger partial charge in [0.15, 0.2) is 0 Å². The highest BCUT2D eigenvalue weighted by atomic mass is 35.5. The van der Waals surface area contributed by atoms with Crippen LogP contribution in [0.25, 0.3) is 0 Å². The molecule has 0 amide bonds. The SMILES string of the molecule is C=CCOC(=O)CN=Cc1ccc(Cl)cc1. The molecule has 0 atom stereocenters. The zero-order chi connectivity index (χ0) is 11.8. The minimum Gasteiger partial charge on any atom is -0.460 e. The second-order valence-corrected chi connectivity index (χ2v) is 3.43. The highest BCUT2D eigenvalue weighted by Gasteiger charge is 1.97. The topological polar surface area (TPSA) is 38.7 Å². The van der Waals surface area contributed by atoms with E-state index in [0.29, 0.717) is 5.02 Å². The van der Waals surface area contributed by atoms with E-state index in [4.69, 9.17) is 16.3 Å². The van der Waals surface area contributed by atoms with Crippen molar-refractivity contribution in [1.82, 2.24) is 0 Å². The van der Waals surface area contributed by atoms with Gasteiger partial charge in [-0.25, -0.2) is 0 Å². The second-order valence-electron chi connectivity index (χ2n) is 2.99. The Morgan fingerprint density at radius 1 is 1.44 bits per heavy atom. The molecule has 0 bridgehead atoms. The van der Waals surface area contributed by atoms with Crippen LogP contribution in [0.5, 0.6) is 0 Å². The molecule has 0 aliphatic heterocycles. The van der Waals surface area contributed by atoms with E-state index in [1.54, 1.807) is 18.3 Å². The lowest BCUT2D eigenvalue weighted by Gasteiger charge is -1.97. The molecule has 0 fully saturated rings. The number of hydrogen-bond acceptors (Lipinski definition) is 3. The van der Waals surface area contributed by atoms with Crippen LogP contribution in [0.15, 0.2) is 41.9 Å². The Bertz CT molecular complexity index is 385. The summed E-state index contributed by atoms with van der Waals surface area (Å²) in [6.07, 6.45) is 3.12. The predicted octanol–water partition coefficient (Wildman–Crippen LogP) is 2.49. The van der Waals surface area contributed by atoms with Crippen LogP contribution in [0.3, 0.4) is 0 Å². The van der Waals surface area contributed by atoms with Gasteiger partial charge in [-0.2, -0.15) is 0 Å². The fourth-order valence-electron chi connectivity index (χ4n) is 0.972. The van der Waals surface area contributed by atoms with Crippen molar-refractivity contribution in [3.05, 3.63) is 47.5 Å². The van der Waals surface area contributed by atoms with Gasteiger partial charge in [-0.3, -0.25) is 9.79 Å². The zero-order valence-electron chi connectivity index (χ0n) is 8.73. The van der Waals surface area contributed by atoms with Gasteiger partial charge in [-0.05, 0) is 17.7 Å². The van der Waals surface area contributed by atoms with Gasteiger partial charge in [0, 0.05) is 11.2 Å². The van der Waals surface area contributed by atoms with E-state index in [-0.39, 0.29) is 19.1 Å². The number of halogens is 1. The molecule has 16 heavy (non-hydrogen) atoms. The van der Waals surface area contributed by atoms with Crippen LogP contribution in [0.1, 0.15) is 5.56 Å². The second kappa shape index (κ2) is 6.80. The number of ether oxygens (including phenoxy) is 1. The maximum atomic E-state index is 11.0. The first-order chi connectivity index (χ1) is 7.72. The number of rotatable bonds is 5. The Morgan fingerprint density at radius 3 is 2.75 bits per heavy atom. The molecule has 0 N–H and O–H groups in total. The lowest BCUT2D eigenvalue weighted by atomic mass is 10.2. The van der Waals surface area contributed by atoms with Crippen molar-refractivity contribution < 1.29 is 9.53 Å². The van der Waals surface area contributed by atoms with Gasteiger partial charge in [0.2, 0.25) is 0 Å². The molecule has 0 heterocycles. The molecule has 4 heteroatoms. The summed E-state index contributed by atoms with van der Waals surface area (Å²) in [7, 11) is 0. The first-order valence-corrected chi connectivity index (χ1v) is 5.12. The van der Waals surface area contributed by atoms with Crippen molar-refractivity contribution in [2.75, 3.05) is 13.2 Å². The summed E-state index contributed by atoms with van der Waals surface area (Å²) in [5.74, 6) is -0.370. The van der Waals surface area contributed by atoms with E-state index in [0.717, 1.165) is 5.56 Å². The number of hydrogen-bond donors (Lipinski definition) is 0. The van der Waals surface area contributed by atoms with Crippen LogP contribution in [-0.2, 0) is 9.53 Å². The van der Waals surface area contributed by atoms with Crippen LogP contribution < -0.4 is 0 Å². The molecule has 1 aromatic rings. The lowest BCUT2D eigenvalue weighted by Crippen LogP contribution is -2.08. The summed E-state index contributed by atoms with van der Waals surface area (Å²) in [5, 5.41) is 0.669. The van der Waals surface area contributed by atoms with Crippen molar-refractivity contribution in [3.63, 3.8) is 0 Å². The minimum absolute atomic E-state index is 0.0104. The molecule has 84 valence electrons. The van der Waals surface area contributed by atoms with Gasteiger partial charge in [0.1, 0.15) is 13.2 Å². The molecule has 1 rings (SSSR count). The molecule has 0 spiro atoms. The fourth-order valence-corrected chi connectivity index (χ4v) is 1.10. The number of carbonyl (C=O) groups is 1. The van der Waals surface area contributed by atoms with Gasteiger partial charge in [-0.1, -0.05) is 36.4 Å². The molecule has 0 unspecified atom stereocenters. The molecule has 0 aliphatic rings. The predicted molar refractivity (Wildman–Crippen MR) is 65.1 cm³/mol. The van der Waals surface area contributed by atoms with Crippen molar-refractivity contribution in [1.29, 1.82) is 0 Å². The van der Waals surface area contributed by atoms with Gasteiger partial charge >= 0.3 is 5.97 Å². The lowest BCUT2D eigenvalue weighted by molar-refractivity contribution is -0.140. The smallest absolute Gasteiger partial charge is 0.327 e. The normalized spacial score (nSPS) is 10.3. The summed E-state index contributed by atoms with van der Waals surface area (Å²) >= 11 is 5.73. The van der Waals surface area contributed by atoms with E-state index in [2.05, 4.69) is 11.6 Å². The summed E-state index contributed by atoms with van der Waals surface area (Å²) in [5.41, 5.74) is 0.890. The summed E-state index contributed by atoms with van der Waals surface area (Å²) in [6, 6.07) is 7.17. The van der Waals surface area contributed by atoms with Crippen molar-refractivity contribution in [3.8, 4) is 0 Å². The fraction of sp³-hybridized carbons (Fsp3) is 0.167. The molecule has 0 saturated carbocycles. The molecule has 1 aromatic carbocycles. The highest BCUT2D eigenvalue weighted by molar-refractivity contribution is 6.30. The van der Waals surface area contributed by atoms with E-state index in [1.807, 2.05) is 12.1 Å². The van der Waals surface area contributed by atoms with Crippen LogP contribution in [-0.4, -0.2) is 25.3 Å². The molecule has 0 radical (unpaired) electrons. The monoisotopic (exact) mass is 237 g/mol. The number of esters is 1. The Balaban J connectivity index is 2.39. The van der Waals surface area contributed by atoms with E-state index >= 15 is 0 Å². The Kier molecular flexibility index (Phi) is 5.29. The molecule has 0 aliphatic carbocycles. The zero-order valence-corrected chi connectivity index (χ0v) is 9.48. The van der Waals surface area contributed by atoms with Crippen LogP contribution in [0.2, 0.25) is 5.02 Å². The summed E-state index contributed by atoms with van der Waals surface area (Å²) in [4.78, 5) is 15.0. The molecular weight excluding hydrogens is 226 g/mol. The Labute approximate surface area is 99.4 Å². The highest BCUT2D eigenvalue weighted by Crippen LogP contribution is 2.07. The molecule has 3 nitrogen and oxygen atoms in total. The van der Waals surface area contributed by atoms with Gasteiger partial charge in [-0.15, -0.1) is 0 Å². The van der Waals surface area contributed by atoms with E-state index in [1.165, 1.54) is 6.08 Å². The minimum atomic E-state index is -0.370. The first kappa shape index (κ1) is 12.5. The van der Waals surface area contributed by atoms with Crippen molar-refractivity contribution >= 4 is 23.8 Å². The largest absolute Gasteiger partial charge is 0.460 e. The molecule has 0 saturated heterocycles. The van der Waals surface area contributed by atoms with E-state index in [9.17, 15) is 4.79 Å². The quantitative estimate of drug-likeness (QED) is 0.448. The van der Waals surface area contributed by atoms with Gasteiger partial charge in [0.05, 0.1) is 0 Å². The number of carbonyl (C=O) groups excluding carboxylic acids is 1. The maximum absolute atomic E-state index is 11.0. The Morgan fingerprint density at radius 2 is 2.12 bits per heavy atom. The third-order valence-corrected chi connectivity index (χ3v) is 1.94. The summed E-state index contributed by atoms with van der Waals surface area (Å²) < 4.78 is 4.76. The first-order valence-electron chi connectivity index (χ1n) is 4.74. The van der Waals surface area contributed by atoms with Crippen molar-refractivity contribution in [2.24, 2.45) is 4.99 Å². The number of aliphatic imine (C=N–C) groups is 1. The van der Waals surface area contributed by atoms with Crippen LogP contribution in [0, 0.1) is 0 Å². The van der Waals surface area contributed by atoms with Crippen LogP contribution >= 0.6 is 11.6 Å². The number of nitrogens with zero attached hydrogens (tertiary/aromatic N) is 1. The third kappa shape index (κ3) is 4.75. The van der Waals surface area contributed by atoms with Crippen molar-refractivity contribution in [2.45, 2.75) is 0 Å². The summed E-state index contributed by atoms with van der Waals surface area (Å²) in [6.45, 7) is 3.67. The van der Waals surface area contributed by atoms with Gasteiger partial charge in [0.25, 0.3) is 0 Å². The standard InChI is InChI=1S/C12H12ClNO2/c1-2-7-16-12(15)9-14-8-10-3-5-11(13)6-4-10/h2-6,8H,1,7,9H2. The molecule has 0 aromatic heterocycles. The average molecular weight is 238 g/mol. The number of benzene rings is 1. The molecular formula is C12H12ClNO2. The average Bonchev–Trinajstić information content (AvgIpc) is 2.29. The van der Waals surface area contributed by atoms with Gasteiger partial charge < -0.3 is 4.74 Å². The maximum Gasteiger partial charge on any atom is 0.327 e.